The normalized spacial score (nSPS) is 12.4. The number of carbonyl (C=O) groups excluding carboxylic acids is 2. The van der Waals surface area contributed by atoms with Gasteiger partial charge in [0.1, 0.15) is 13.2 Å². The molecule has 0 spiro atoms. The number of fused-ring (bicyclic) bond motifs is 1. The lowest BCUT2D eigenvalue weighted by Crippen LogP contribution is -2.18. The number of ether oxygens (including phenoxy) is 2. The van der Waals surface area contributed by atoms with Gasteiger partial charge in [-0.25, -0.2) is 0 Å². The Morgan fingerprint density at radius 1 is 1.08 bits per heavy atom. The predicted molar refractivity (Wildman–Crippen MR) is 91.1 cm³/mol. The first-order valence-corrected chi connectivity index (χ1v) is 7.64. The fraction of sp³-hybridized carbons (Fsp3) is 0.111. The number of hydrogen-bond acceptors (Lipinski definition) is 4. The van der Waals surface area contributed by atoms with Gasteiger partial charge in [-0.05, 0) is 24.3 Å². The molecule has 0 atom stereocenters. The van der Waals surface area contributed by atoms with Crippen LogP contribution in [0.3, 0.4) is 0 Å². The number of ketones is 1. The van der Waals surface area contributed by atoms with Gasteiger partial charge in [-0.3, -0.25) is 9.59 Å². The zero-order valence-electron chi connectivity index (χ0n) is 12.7. The van der Waals surface area contributed by atoms with Crippen molar-refractivity contribution in [3.63, 3.8) is 0 Å². The Kier molecular flexibility index (Phi) is 4.53. The highest BCUT2D eigenvalue weighted by Crippen LogP contribution is 2.37. The maximum Gasteiger partial charge on any atom is 0.247 e. The number of carbonyl (C=O) groups is 2. The molecule has 24 heavy (non-hydrogen) atoms. The maximum absolute atomic E-state index is 12.9. The molecule has 122 valence electrons. The Labute approximate surface area is 143 Å². The van der Waals surface area contributed by atoms with Gasteiger partial charge in [-0.1, -0.05) is 30.3 Å². The molecule has 0 bridgehead atoms. The van der Waals surface area contributed by atoms with Gasteiger partial charge in [-0.2, -0.15) is 0 Å². The first kappa shape index (κ1) is 16.1. The molecule has 3 rings (SSSR count). The van der Waals surface area contributed by atoms with Crippen molar-refractivity contribution in [2.24, 2.45) is 0 Å². The largest absolute Gasteiger partial charge is 0.486 e. The molecule has 6 heteroatoms. The quantitative estimate of drug-likeness (QED) is 0.682. The lowest BCUT2D eigenvalue weighted by Gasteiger charge is -2.21. The van der Waals surface area contributed by atoms with Crippen LogP contribution in [0, 0.1) is 0 Å². The first-order chi connectivity index (χ1) is 11.6. The summed E-state index contributed by atoms with van der Waals surface area (Å²) in [6, 6.07) is 9.84. The van der Waals surface area contributed by atoms with Crippen molar-refractivity contribution in [1.82, 2.24) is 0 Å². The van der Waals surface area contributed by atoms with E-state index in [0.717, 1.165) is 6.08 Å². The van der Waals surface area contributed by atoms with E-state index in [1.165, 1.54) is 0 Å². The molecule has 1 N–H and O–H groups in total. The summed E-state index contributed by atoms with van der Waals surface area (Å²) >= 11 is 6.12. The zero-order valence-corrected chi connectivity index (χ0v) is 13.4. The summed E-state index contributed by atoms with van der Waals surface area (Å²) in [6.45, 7) is 4.21. The van der Waals surface area contributed by atoms with Gasteiger partial charge in [0, 0.05) is 11.6 Å². The second-order valence-electron chi connectivity index (χ2n) is 5.04. The summed E-state index contributed by atoms with van der Waals surface area (Å²) in [5, 5.41) is 2.96. The van der Waals surface area contributed by atoms with E-state index < -0.39 is 5.91 Å². The van der Waals surface area contributed by atoms with E-state index in [1.807, 2.05) is 0 Å². The van der Waals surface area contributed by atoms with Gasteiger partial charge in [-0.15, -0.1) is 0 Å². The number of anilines is 1. The average molecular weight is 344 g/mol. The van der Waals surface area contributed by atoms with Crippen molar-refractivity contribution >= 4 is 29.0 Å². The van der Waals surface area contributed by atoms with Crippen molar-refractivity contribution in [2.45, 2.75) is 0 Å². The molecule has 1 aliphatic heterocycles. The fourth-order valence-corrected chi connectivity index (χ4v) is 2.58. The Balaban J connectivity index is 2.10. The number of halogens is 1. The molecule has 0 saturated carbocycles. The number of benzene rings is 2. The molecular weight excluding hydrogens is 330 g/mol. The summed E-state index contributed by atoms with van der Waals surface area (Å²) in [5.74, 6) is 0.168. The van der Waals surface area contributed by atoms with Crippen LogP contribution in [0.2, 0.25) is 5.02 Å². The van der Waals surface area contributed by atoms with E-state index in [-0.39, 0.29) is 11.3 Å². The summed E-state index contributed by atoms with van der Waals surface area (Å²) in [4.78, 5) is 24.6. The van der Waals surface area contributed by atoms with E-state index in [0.29, 0.717) is 41.0 Å². The van der Waals surface area contributed by atoms with Gasteiger partial charge in [0.2, 0.25) is 5.91 Å². The van der Waals surface area contributed by atoms with Crippen molar-refractivity contribution < 1.29 is 19.1 Å². The number of hydrogen-bond donors (Lipinski definition) is 1. The van der Waals surface area contributed by atoms with Crippen LogP contribution >= 0.6 is 11.6 Å². The van der Waals surface area contributed by atoms with E-state index in [2.05, 4.69) is 11.9 Å². The third kappa shape index (κ3) is 3.12. The van der Waals surface area contributed by atoms with Crippen LogP contribution in [0.25, 0.3) is 0 Å². The molecule has 0 aliphatic carbocycles. The molecule has 0 unspecified atom stereocenters. The first-order valence-electron chi connectivity index (χ1n) is 7.26. The van der Waals surface area contributed by atoms with Crippen LogP contribution in [0.1, 0.15) is 15.9 Å². The third-order valence-corrected chi connectivity index (χ3v) is 3.82. The summed E-state index contributed by atoms with van der Waals surface area (Å²) in [5.41, 5.74) is 0.918. The number of rotatable bonds is 4. The van der Waals surface area contributed by atoms with E-state index in [4.69, 9.17) is 21.1 Å². The van der Waals surface area contributed by atoms with Crippen LogP contribution in [0.15, 0.2) is 49.1 Å². The molecule has 1 amide bonds. The average Bonchev–Trinajstić information content (AvgIpc) is 2.61. The molecule has 1 aliphatic rings. The van der Waals surface area contributed by atoms with Gasteiger partial charge in [0.15, 0.2) is 17.3 Å². The second kappa shape index (κ2) is 6.76. The van der Waals surface area contributed by atoms with E-state index in [1.54, 1.807) is 36.4 Å². The molecule has 0 saturated heterocycles. The Hall–Kier alpha value is -2.79. The molecular formula is C18H14ClNO4. The zero-order chi connectivity index (χ0) is 17.1. The minimum atomic E-state index is -0.431. The lowest BCUT2D eigenvalue weighted by molar-refractivity contribution is -0.111. The van der Waals surface area contributed by atoms with Gasteiger partial charge < -0.3 is 14.8 Å². The SMILES string of the molecule is C=CC(=O)Nc1cc2c(cc1C(=O)c1ccccc1Cl)OCCO2. The highest BCUT2D eigenvalue weighted by Gasteiger charge is 2.22. The Bertz CT molecular complexity index is 832. The molecule has 0 fully saturated rings. The Morgan fingerprint density at radius 3 is 2.42 bits per heavy atom. The van der Waals surface area contributed by atoms with Crippen LogP contribution in [0.5, 0.6) is 11.5 Å². The fourth-order valence-electron chi connectivity index (χ4n) is 2.35. The van der Waals surface area contributed by atoms with E-state index in [9.17, 15) is 9.59 Å². The van der Waals surface area contributed by atoms with Crippen LogP contribution in [-0.4, -0.2) is 24.9 Å². The summed E-state index contributed by atoms with van der Waals surface area (Å²) in [6.07, 6.45) is 1.13. The Morgan fingerprint density at radius 2 is 1.75 bits per heavy atom. The molecule has 0 aromatic heterocycles. The van der Waals surface area contributed by atoms with Crippen LogP contribution in [0.4, 0.5) is 5.69 Å². The molecule has 0 radical (unpaired) electrons. The van der Waals surface area contributed by atoms with E-state index >= 15 is 0 Å². The maximum atomic E-state index is 12.9. The standard InChI is InChI=1S/C18H14ClNO4/c1-2-17(21)20-14-10-16-15(23-7-8-24-16)9-12(14)18(22)11-5-3-4-6-13(11)19/h2-6,9-10H,1,7-8H2,(H,20,21). The topological polar surface area (TPSA) is 64.6 Å². The predicted octanol–water partition coefficient (Wildman–Crippen LogP) is 3.47. The lowest BCUT2D eigenvalue weighted by atomic mass is 10.0. The molecule has 2 aromatic rings. The highest BCUT2D eigenvalue weighted by molar-refractivity contribution is 6.35. The molecule has 2 aromatic carbocycles. The highest BCUT2D eigenvalue weighted by atomic mass is 35.5. The monoisotopic (exact) mass is 343 g/mol. The van der Waals surface area contributed by atoms with Crippen molar-refractivity contribution in [3.8, 4) is 11.5 Å². The van der Waals surface area contributed by atoms with Crippen LogP contribution in [-0.2, 0) is 4.79 Å². The minimum Gasteiger partial charge on any atom is -0.486 e. The van der Waals surface area contributed by atoms with Crippen molar-refractivity contribution in [2.75, 3.05) is 18.5 Å². The minimum absolute atomic E-state index is 0.266. The van der Waals surface area contributed by atoms with Crippen molar-refractivity contribution in [1.29, 1.82) is 0 Å². The molecule has 1 heterocycles. The number of amides is 1. The van der Waals surface area contributed by atoms with Crippen molar-refractivity contribution in [3.05, 3.63) is 65.2 Å². The van der Waals surface area contributed by atoms with Gasteiger partial charge >= 0.3 is 0 Å². The summed E-state index contributed by atoms with van der Waals surface area (Å²) in [7, 11) is 0. The smallest absolute Gasteiger partial charge is 0.247 e. The third-order valence-electron chi connectivity index (χ3n) is 3.49. The number of nitrogens with one attached hydrogen (secondary N) is 1. The molecule has 5 nitrogen and oxygen atoms in total. The van der Waals surface area contributed by atoms with Gasteiger partial charge in [0.05, 0.1) is 16.3 Å². The van der Waals surface area contributed by atoms with Gasteiger partial charge in [0.25, 0.3) is 0 Å². The second-order valence-corrected chi connectivity index (χ2v) is 5.45. The van der Waals surface area contributed by atoms with Crippen LogP contribution < -0.4 is 14.8 Å². The summed E-state index contributed by atoms with van der Waals surface area (Å²) < 4.78 is 11.0.